The molecular weight excluding hydrogens is 332 g/mol. The van der Waals surface area contributed by atoms with Crippen molar-refractivity contribution in [1.82, 2.24) is 0 Å². The summed E-state index contributed by atoms with van der Waals surface area (Å²) in [4.78, 5) is 34.6. The van der Waals surface area contributed by atoms with Crippen LogP contribution in [0.2, 0.25) is 0 Å². The molecule has 0 radical (unpaired) electrons. The van der Waals surface area contributed by atoms with Crippen molar-refractivity contribution in [3.8, 4) is 0 Å². The lowest BCUT2D eigenvalue weighted by atomic mass is 10.2. The number of carbonyl (C=O) groups excluding carboxylic acids is 3. The molecule has 0 aromatic heterocycles. The molecule has 2 aromatic rings. The van der Waals surface area contributed by atoms with Crippen LogP contribution in [0.1, 0.15) is 13.3 Å². The number of amides is 3. The fourth-order valence-electron chi connectivity index (χ4n) is 2.03. The highest BCUT2D eigenvalue weighted by atomic mass is 19.1. The van der Waals surface area contributed by atoms with Gasteiger partial charge < -0.3 is 16.0 Å². The van der Waals surface area contributed by atoms with E-state index in [1.165, 1.54) is 13.0 Å². The maximum absolute atomic E-state index is 13.5. The summed E-state index contributed by atoms with van der Waals surface area (Å²) in [5, 5.41) is 7.04. The van der Waals surface area contributed by atoms with Gasteiger partial charge in [0.25, 0.3) is 0 Å². The van der Waals surface area contributed by atoms with Gasteiger partial charge in [-0.05, 0) is 30.3 Å². The van der Waals surface area contributed by atoms with E-state index in [1.807, 2.05) is 5.32 Å². The summed E-state index contributed by atoms with van der Waals surface area (Å²) in [7, 11) is 0. The zero-order chi connectivity index (χ0) is 18.4. The van der Waals surface area contributed by atoms with Crippen LogP contribution in [0.3, 0.4) is 0 Å². The minimum atomic E-state index is -0.934. The summed E-state index contributed by atoms with van der Waals surface area (Å²) in [6.07, 6.45) is -0.627. The Hall–Kier alpha value is -3.29. The Morgan fingerprint density at radius 3 is 1.96 bits per heavy atom. The van der Waals surface area contributed by atoms with E-state index in [2.05, 4.69) is 10.6 Å². The van der Waals surface area contributed by atoms with Gasteiger partial charge in [0.15, 0.2) is 0 Å². The Kier molecular flexibility index (Phi) is 5.78. The van der Waals surface area contributed by atoms with Gasteiger partial charge in [0.05, 0.1) is 0 Å². The molecule has 0 saturated carbocycles. The van der Waals surface area contributed by atoms with Gasteiger partial charge in [-0.15, -0.1) is 0 Å². The lowest BCUT2D eigenvalue weighted by Gasteiger charge is -2.09. The van der Waals surface area contributed by atoms with Crippen LogP contribution in [0.25, 0.3) is 0 Å². The Morgan fingerprint density at radius 2 is 1.36 bits per heavy atom. The molecule has 3 amide bonds. The Labute approximate surface area is 142 Å². The number of hydrogen-bond donors (Lipinski definition) is 3. The SMILES string of the molecule is CC(=O)Nc1cccc(NC(=O)CC(=O)Nc2c(F)cccc2F)c1. The Bertz CT molecular complexity index is 804. The van der Waals surface area contributed by atoms with Gasteiger partial charge in [0.1, 0.15) is 23.7 Å². The second kappa shape index (κ2) is 8.00. The smallest absolute Gasteiger partial charge is 0.233 e. The van der Waals surface area contributed by atoms with Gasteiger partial charge in [-0.25, -0.2) is 8.78 Å². The molecule has 0 unspecified atom stereocenters. The van der Waals surface area contributed by atoms with Gasteiger partial charge in [0.2, 0.25) is 17.7 Å². The van der Waals surface area contributed by atoms with E-state index in [4.69, 9.17) is 0 Å². The molecule has 0 bridgehead atoms. The Balaban J connectivity index is 1.96. The quantitative estimate of drug-likeness (QED) is 0.727. The summed E-state index contributed by atoms with van der Waals surface area (Å²) < 4.78 is 26.9. The van der Waals surface area contributed by atoms with Gasteiger partial charge >= 0.3 is 0 Å². The van der Waals surface area contributed by atoms with Gasteiger partial charge in [-0.3, -0.25) is 14.4 Å². The molecule has 25 heavy (non-hydrogen) atoms. The van der Waals surface area contributed by atoms with Crippen LogP contribution in [0.5, 0.6) is 0 Å². The second-order valence-corrected chi connectivity index (χ2v) is 5.13. The summed E-state index contributed by atoms with van der Waals surface area (Å²) in [5.74, 6) is -3.67. The Morgan fingerprint density at radius 1 is 0.840 bits per heavy atom. The summed E-state index contributed by atoms with van der Waals surface area (Å²) in [6.45, 7) is 1.34. The standard InChI is InChI=1S/C17H15F2N3O3/c1-10(23)20-11-4-2-5-12(8-11)21-15(24)9-16(25)22-17-13(18)6-3-7-14(17)19/h2-8H,9H2,1H3,(H,20,23)(H,21,24)(H,22,25). The van der Waals surface area contributed by atoms with Crippen molar-refractivity contribution in [2.24, 2.45) is 0 Å². The van der Waals surface area contributed by atoms with Gasteiger partial charge in [-0.1, -0.05) is 12.1 Å². The molecule has 0 heterocycles. The first-order chi connectivity index (χ1) is 11.8. The topological polar surface area (TPSA) is 87.3 Å². The molecular formula is C17H15F2N3O3. The summed E-state index contributed by atoms with van der Waals surface area (Å²) >= 11 is 0. The first kappa shape index (κ1) is 18.1. The molecule has 0 saturated heterocycles. The largest absolute Gasteiger partial charge is 0.326 e. The lowest BCUT2D eigenvalue weighted by Crippen LogP contribution is -2.22. The number of benzene rings is 2. The van der Waals surface area contributed by atoms with Crippen molar-refractivity contribution in [1.29, 1.82) is 0 Å². The molecule has 0 aliphatic rings. The fraction of sp³-hybridized carbons (Fsp3) is 0.118. The van der Waals surface area contributed by atoms with E-state index in [0.29, 0.717) is 11.4 Å². The van der Waals surface area contributed by atoms with E-state index < -0.39 is 35.6 Å². The number of anilines is 3. The third-order valence-electron chi connectivity index (χ3n) is 3.01. The molecule has 0 atom stereocenters. The molecule has 130 valence electrons. The third-order valence-corrected chi connectivity index (χ3v) is 3.01. The summed E-state index contributed by atoms with van der Waals surface area (Å²) in [6, 6.07) is 9.46. The molecule has 0 aliphatic carbocycles. The molecule has 0 spiro atoms. The zero-order valence-corrected chi connectivity index (χ0v) is 13.2. The highest BCUT2D eigenvalue weighted by Gasteiger charge is 2.15. The first-order valence-corrected chi connectivity index (χ1v) is 7.26. The van der Waals surface area contributed by atoms with Crippen molar-refractivity contribution in [3.63, 3.8) is 0 Å². The normalized spacial score (nSPS) is 10.0. The monoisotopic (exact) mass is 347 g/mol. The van der Waals surface area contributed by atoms with Crippen LogP contribution < -0.4 is 16.0 Å². The van der Waals surface area contributed by atoms with Crippen molar-refractivity contribution < 1.29 is 23.2 Å². The first-order valence-electron chi connectivity index (χ1n) is 7.26. The predicted molar refractivity (Wildman–Crippen MR) is 89.0 cm³/mol. The van der Waals surface area contributed by atoms with Crippen LogP contribution in [0, 0.1) is 11.6 Å². The van der Waals surface area contributed by atoms with E-state index >= 15 is 0 Å². The summed E-state index contributed by atoms with van der Waals surface area (Å²) in [5.41, 5.74) is 0.234. The zero-order valence-electron chi connectivity index (χ0n) is 13.2. The van der Waals surface area contributed by atoms with E-state index in [9.17, 15) is 23.2 Å². The number of rotatable bonds is 5. The average molecular weight is 347 g/mol. The van der Waals surface area contributed by atoms with Crippen LogP contribution in [-0.2, 0) is 14.4 Å². The minimum Gasteiger partial charge on any atom is -0.326 e. The number of carbonyl (C=O) groups is 3. The maximum atomic E-state index is 13.5. The van der Waals surface area contributed by atoms with Crippen LogP contribution in [-0.4, -0.2) is 17.7 Å². The van der Waals surface area contributed by atoms with Crippen molar-refractivity contribution in [2.75, 3.05) is 16.0 Å². The third kappa shape index (κ3) is 5.38. The average Bonchev–Trinajstić information content (AvgIpc) is 2.50. The number of para-hydroxylation sites is 1. The van der Waals surface area contributed by atoms with Crippen LogP contribution >= 0.6 is 0 Å². The second-order valence-electron chi connectivity index (χ2n) is 5.13. The molecule has 0 aliphatic heterocycles. The lowest BCUT2D eigenvalue weighted by molar-refractivity contribution is -0.123. The predicted octanol–water partition coefficient (Wildman–Crippen LogP) is 2.89. The molecule has 6 nitrogen and oxygen atoms in total. The highest BCUT2D eigenvalue weighted by Crippen LogP contribution is 2.18. The van der Waals surface area contributed by atoms with Crippen molar-refractivity contribution in [3.05, 3.63) is 54.1 Å². The van der Waals surface area contributed by atoms with Crippen molar-refractivity contribution in [2.45, 2.75) is 13.3 Å². The molecule has 3 N–H and O–H groups in total. The molecule has 2 aromatic carbocycles. The molecule has 8 heteroatoms. The maximum Gasteiger partial charge on any atom is 0.233 e. The minimum absolute atomic E-state index is 0.269. The van der Waals surface area contributed by atoms with Gasteiger partial charge in [-0.2, -0.15) is 0 Å². The van der Waals surface area contributed by atoms with E-state index in [0.717, 1.165) is 18.2 Å². The van der Waals surface area contributed by atoms with E-state index in [1.54, 1.807) is 18.2 Å². The highest BCUT2D eigenvalue weighted by molar-refractivity contribution is 6.08. The molecule has 0 fully saturated rings. The van der Waals surface area contributed by atoms with Crippen LogP contribution in [0.15, 0.2) is 42.5 Å². The van der Waals surface area contributed by atoms with Gasteiger partial charge in [0, 0.05) is 18.3 Å². The number of halogens is 2. The molecule has 2 rings (SSSR count). The van der Waals surface area contributed by atoms with Crippen LogP contribution in [0.4, 0.5) is 25.8 Å². The fourth-order valence-corrected chi connectivity index (χ4v) is 2.03. The number of nitrogens with one attached hydrogen (secondary N) is 3. The van der Waals surface area contributed by atoms with E-state index in [-0.39, 0.29) is 5.91 Å². The van der Waals surface area contributed by atoms with Crippen molar-refractivity contribution >= 4 is 34.8 Å². The number of hydrogen-bond acceptors (Lipinski definition) is 3.